The Morgan fingerprint density at radius 3 is 2.61 bits per heavy atom. The molecule has 106 valence electrons. The molecule has 1 aliphatic carbocycles. The number of hydrogen-bond donors (Lipinski definition) is 2. The van der Waals surface area contributed by atoms with Gasteiger partial charge >= 0.3 is 0 Å². The molecule has 0 spiro atoms. The van der Waals surface area contributed by atoms with Gasteiger partial charge in [0, 0.05) is 19.1 Å². The first-order valence-corrected chi connectivity index (χ1v) is 7.17. The summed E-state index contributed by atoms with van der Waals surface area (Å²) in [4.78, 5) is 12.0. The van der Waals surface area contributed by atoms with E-state index in [4.69, 9.17) is 10.5 Å². The smallest absolute Gasteiger partial charge is 0.222 e. The monoisotopic (exact) mass is 256 g/mol. The molecule has 1 saturated carbocycles. The van der Waals surface area contributed by atoms with Gasteiger partial charge in [-0.15, -0.1) is 0 Å². The van der Waals surface area contributed by atoms with Crippen molar-refractivity contribution in [1.82, 2.24) is 5.32 Å². The van der Waals surface area contributed by atoms with Crippen LogP contribution in [0, 0.1) is 0 Å². The number of nitrogens with two attached hydrogens (primary N) is 1. The number of ether oxygens (including phenoxy) is 1. The minimum atomic E-state index is -0.272. The second-order valence-corrected chi connectivity index (χ2v) is 5.61. The second-order valence-electron chi connectivity index (χ2n) is 5.61. The van der Waals surface area contributed by atoms with Crippen LogP contribution in [0.25, 0.3) is 0 Å². The predicted octanol–water partition coefficient (Wildman–Crippen LogP) is 1.97. The van der Waals surface area contributed by atoms with Gasteiger partial charge < -0.3 is 15.8 Å². The summed E-state index contributed by atoms with van der Waals surface area (Å²) in [6.07, 6.45) is 7.96. The predicted molar refractivity (Wildman–Crippen MR) is 73.3 cm³/mol. The summed E-state index contributed by atoms with van der Waals surface area (Å²) in [5.41, 5.74) is 6.02. The van der Waals surface area contributed by atoms with Crippen LogP contribution < -0.4 is 11.1 Å². The lowest BCUT2D eigenvalue weighted by Gasteiger charge is -2.33. The molecule has 1 amide bonds. The van der Waals surface area contributed by atoms with Crippen molar-refractivity contribution in [2.24, 2.45) is 5.73 Å². The third kappa shape index (κ3) is 5.36. The van der Waals surface area contributed by atoms with Gasteiger partial charge in [0.15, 0.2) is 0 Å². The highest BCUT2D eigenvalue weighted by Gasteiger charge is 2.30. The Morgan fingerprint density at radius 2 is 2.06 bits per heavy atom. The maximum absolute atomic E-state index is 12.0. The minimum Gasteiger partial charge on any atom is -0.383 e. The molecule has 4 heteroatoms. The van der Waals surface area contributed by atoms with E-state index < -0.39 is 0 Å². The topological polar surface area (TPSA) is 64.3 Å². The van der Waals surface area contributed by atoms with Crippen molar-refractivity contribution in [3.8, 4) is 0 Å². The SMILES string of the molecule is CCCC(COC)NC(=O)CC1(N)CCCCC1. The molecule has 0 aromatic rings. The molecule has 0 bridgehead atoms. The van der Waals surface area contributed by atoms with Gasteiger partial charge in [0.05, 0.1) is 12.6 Å². The highest BCUT2D eigenvalue weighted by Crippen LogP contribution is 2.28. The third-order valence-corrected chi connectivity index (χ3v) is 3.73. The van der Waals surface area contributed by atoms with Crippen LogP contribution in [0.5, 0.6) is 0 Å². The van der Waals surface area contributed by atoms with Crippen LogP contribution in [0.3, 0.4) is 0 Å². The molecule has 0 saturated heterocycles. The number of carbonyl (C=O) groups is 1. The first kappa shape index (κ1) is 15.4. The number of carbonyl (C=O) groups excluding carboxylic acids is 1. The standard InChI is InChI=1S/C14H28N2O2/c1-3-7-12(11-18-2)16-13(17)10-14(15)8-5-4-6-9-14/h12H,3-11,15H2,1-2H3,(H,16,17). The maximum Gasteiger partial charge on any atom is 0.222 e. The zero-order valence-corrected chi connectivity index (χ0v) is 11.8. The van der Waals surface area contributed by atoms with Gasteiger partial charge in [-0.25, -0.2) is 0 Å². The van der Waals surface area contributed by atoms with E-state index in [1.165, 1.54) is 6.42 Å². The average Bonchev–Trinajstić information content (AvgIpc) is 2.29. The summed E-state index contributed by atoms with van der Waals surface area (Å²) in [6.45, 7) is 2.69. The lowest BCUT2D eigenvalue weighted by atomic mass is 9.80. The van der Waals surface area contributed by atoms with Crippen molar-refractivity contribution in [1.29, 1.82) is 0 Å². The summed E-state index contributed by atoms with van der Waals surface area (Å²) < 4.78 is 5.13. The normalized spacial score (nSPS) is 20.4. The summed E-state index contributed by atoms with van der Waals surface area (Å²) in [5, 5.41) is 3.05. The first-order valence-electron chi connectivity index (χ1n) is 7.17. The van der Waals surface area contributed by atoms with Crippen LogP contribution in [-0.4, -0.2) is 31.2 Å². The van der Waals surface area contributed by atoms with Crippen LogP contribution in [-0.2, 0) is 9.53 Å². The minimum absolute atomic E-state index is 0.0786. The number of hydrogen-bond acceptors (Lipinski definition) is 3. The summed E-state index contributed by atoms with van der Waals surface area (Å²) in [5.74, 6) is 0.0786. The van der Waals surface area contributed by atoms with Crippen LogP contribution in [0.2, 0.25) is 0 Å². The van der Waals surface area contributed by atoms with Crippen molar-refractivity contribution >= 4 is 5.91 Å². The molecule has 1 rings (SSSR count). The van der Waals surface area contributed by atoms with E-state index in [0.29, 0.717) is 13.0 Å². The van der Waals surface area contributed by atoms with Gasteiger partial charge in [-0.2, -0.15) is 0 Å². The van der Waals surface area contributed by atoms with E-state index in [1.54, 1.807) is 7.11 Å². The molecule has 1 aliphatic rings. The van der Waals surface area contributed by atoms with Crippen molar-refractivity contribution < 1.29 is 9.53 Å². The molecule has 1 fully saturated rings. The van der Waals surface area contributed by atoms with Crippen molar-refractivity contribution in [2.45, 2.75) is 69.9 Å². The highest BCUT2D eigenvalue weighted by atomic mass is 16.5. The van der Waals surface area contributed by atoms with E-state index in [-0.39, 0.29) is 17.5 Å². The van der Waals surface area contributed by atoms with Crippen molar-refractivity contribution in [3.05, 3.63) is 0 Å². The average molecular weight is 256 g/mol. The molecule has 3 N–H and O–H groups in total. The fourth-order valence-electron chi connectivity index (χ4n) is 2.78. The first-order chi connectivity index (χ1) is 8.59. The fourth-order valence-corrected chi connectivity index (χ4v) is 2.78. The van der Waals surface area contributed by atoms with Gasteiger partial charge in [0.25, 0.3) is 0 Å². The zero-order chi connectivity index (χ0) is 13.4. The summed E-state index contributed by atoms with van der Waals surface area (Å²) in [7, 11) is 1.67. The Kier molecular flexibility index (Phi) is 6.65. The van der Waals surface area contributed by atoms with Crippen molar-refractivity contribution in [3.63, 3.8) is 0 Å². The van der Waals surface area contributed by atoms with Crippen LogP contribution in [0.4, 0.5) is 0 Å². The quantitative estimate of drug-likeness (QED) is 0.732. The van der Waals surface area contributed by atoms with Gasteiger partial charge in [0.2, 0.25) is 5.91 Å². The molecule has 1 unspecified atom stereocenters. The zero-order valence-electron chi connectivity index (χ0n) is 11.8. The molecule has 0 heterocycles. The molecule has 0 radical (unpaired) electrons. The van der Waals surface area contributed by atoms with Gasteiger partial charge in [-0.05, 0) is 19.3 Å². The maximum atomic E-state index is 12.0. The Balaban J connectivity index is 2.38. The van der Waals surface area contributed by atoms with Crippen molar-refractivity contribution in [2.75, 3.05) is 13.7 Å². The number of amides is 1. The number of methoxy groups -OCH3 is 1. The van der Waals surface area contributed by atoms with Crippen LogP contribution >= 0.6 is 0 Å². The Morgan fingerprint density at radius 1 is 1.39 bits per heavy atom. The van der Waals surface area contributed by atoms with E-state index in [1.807, 2.05) is 0 Å². The molecular weight excluding hydrogens is 228 g/mol. The second kappa shape index (κ2) is 7.74. The lowest BCUT2D eigenvalue weighted by Crippen LogP contribution is -2.48. The van der Waals surface area contributed by atoms with E-state index >= 15 is 0 Å². The number of nitrogens with one attached hydrogen (secondary N) is 1. The molecule has 1 atom stereocenters. The molecule has 0 aliphatic heterocycles. The molecular formula is C14H28N2O2. The van der Waals surface area contributed by atoms with Crippen LogP contribution in [0.1, 0.15) is 58.3 Å². The van der Waals surface area contributed by atoms with Gasteiger partial charge in [-0.3, -0.25) is 4.79 Å². The Bertz CT molecular complexity index is 244. The molecule has 0 aromatic heterocycles. The molecule has 0 aromatic carbocycles. The molecule has 4 nitrogen and oxygen atoms in total. The van der Waals surface area contributed by atoms with Gasteiger partial charge in [-0.1, -0.05) is 32.6 Å². The Labute approximate surface area is 111 Å². The van der Waals surface area contributed by atoms with Gasteiger partial charge in [0.1, 0.15) is 0 Å². The largest absolute Gasteiger partial charge is 0.383 e. The highest BCUT2D eigenvalue weighted by molar-refractivity contribution is 5.77. The van der Waals surface area contributed by atoms with E-state index in [2.05, 4.69) is 12.2 Å². The van der Waals surface area contributed by atoms with E-state index in [0.717, 1.165) is 38.5 Å². The summed E-state index contributed by atoms with van der Waals surface area (Å²) >= 11 is 0. The summed E-state index contributed by atoms with van der Waals surface area (Å²) in [6, 6.07) is 0.125. The molecule has 18 heavy (non-hydrogen) atoms. The Hall–Kier alpha value is -0.610. The lowest BCUT2D eigenvalue weighted by molar-refractivity contribution is -0.123. The fraction of sp³-hybridized carbons (Fsp3) is 0.929. The number of rotatable bonds is 7. The van der Waals surface area contributed by atoms with E-state index in [9.17, 15) is 4.79 Å². The van der Waals surface area contributed by atoms with Crippen LogP contribution in [0.15, 0.2) is 0 Å². The third-order valence-electron chi connectivity index (χ3n) is 3.73.